The minimum atomic E-state index is -0.395. The highest BCUT2D eigenvalue weighted by atomic mass is 16.5. The van der Waals surface area contributed by atoms with Crippen molar-refractivity contribution >= 4 is 11.7 Å². The van der Waals surface area contributed by atoms with Crippen molar-refractivity contribution in [3.8, 4) is 5.69 Å². The van der Waals surface area contributed by atoms with E-state index in [0.717, 1.165) is 5.69 Å². The number of esters is 1. The van der Waals surface area contributed by atoms with E-state index in [4.69, 9.17) is 10.5 Å². The molecule has 5 nitrogen and oxygen atoms in total. The number of benzene rings is 1. The highest BCUT2D eigenvalue weighted by molar-refractivity contribution is 5.95. The normalized spacial score (nSPS) is 10.3. The zero-order valence-electron chi connectivity index (χ0n) is 10.4. The van der Waals surface area contributed by atoms with Gasteiger partial charge in [0.15, 0.2) is 0 Å². The Morgan fingerprint density at radius 1 is 1.44 bits per heavy atom. The second kappa shape index (κ2) is 4.91. The van der Waals surface area contributed by atoms with Crippen LogP contribution >= 0.6 is 0 Å². The molecule has 0 aliphatic heterocycles. The van der Waals surface area contributed by atoms with Crippen molar-refractivity contribution < 1.29 is 9.53 Å². The van der Waals surface area contributed by atoms with Gasteiger partial charge in [0.25, 0.3) is 0 Å². The second-order valence-electron chi connectivity index (χ2n) is 3.87. The summed E-state index contributed by atoms with van der Waals surface area (Å²) in [6.45, 7) is 3.97. The van der Waals surface area contributed by atoms with Crippen LogP contribution in [0, 0.1) is 6.92 Å². The second-order valence-corrected chi connectivity index (χ2v) is 3.87. The Balaban J connectivity index is 2.54. The van der Waals surface area contributed by atoms with Gasteiger partial charge < -0.3 is 10.5 Å². The molecule has 0 radical (unpaired) electrons. The molecule has 1 aromatic heterocycles. The third-order valence-corrected chi connectivity index (χ3v) is 2.51. The van der Waals surface area contributed by atoms with Gasteiger partial charge in [-0.05, 0) is 32.0 Å². The summed E-state index contributed by atoms with van der Waals surface area (Å²) in [6.07, 6.45) is 1.77. The van der Waals surface area contributed by atoms with E-state index >= 15 is 0 Å². The molecule has 0 spiro atoms. The minimum absolute atomic E-state index is 0.325. The third kappa shape index (κ3) is 2.20. The van der Waals surface area contributed by atoms with E-state index in [1.165, 1.54) is 0 Å². The van der Waals surface area contributed by atoms with Crippen molar-refractivity contribution in [3.05, 3.63) is 41.7 Å². The quantitative estimate of drug-likeness (QED) is 0.662. The summed E-state index contributed by atoms with van der Waals surface area (Å²) in [4.78, 5) is 11.9. The Kier molecular flexibility index (Phi) is 3.32. The molecule has 0 unspecified atom stereocenters. The van der Waals surface area contributed by atoms with Crippen LogP contribution in [0.15, 0.2) is 30.5 Å². The predicted octanol–water partition coefficient (Wildman–Crippen LogP) is 1.94. The van der Waals surface area contributed by atoms with E-state index in [1.807, 2.05) is 13.0 Å². The average Bonchev–Trinajstić information content (AvgIpc) is 2.75. The first kappa shape index (κ1) is 12.2. The van der Waals surface area contributed by atoms with Crippen LogP contribution in [-0.4, -0.2) is 22.4 Å². The molecule has 0 saturated carbocycles. The van der Waals surface area contributed by atoms with Crippen LogP contribution in [0.3, 0.4) is 0 Å². The summed E-state index contributed by atoms with van der Waals surface area (Å²) < 4.78 is 6.61. The molecule has 0 amide bonds. The van der Waals surface area contributed by atoms with Gasteiger partial charge in [-0.1, -0.05) is 6.07 Å². The fourth-order valence-electron chi connectivity index (χ4n) is 1.73. The first-order valence-electron chi connectivity index (χ1n) is 5.71. The molecule has 0 aliphatic rings. The third-order valence-electron chi connectivity index (χ3n) is 2.51. The Labute approximate surface area is 105 Å². The van der Waals surface area contributed by atoms with Crippen molar-refractivity contribution in [2.24, 2.45) is 0 Å². The van der Waals surface area contributed by atoms with Crippen molar-refractivity contribution in [1.29, 1.82) is 0 Å². The van der Waals surface area contributed by atoms with Gasteiger partial charge >= 0.3 is 5.97 Å². The van der Waals surface area contributed by atoms with E-state index in [-0.39, 0.29) is 0 Å². The number of aromatic nitrogens is 2. The average molecular weight is 245 g/mol. The molecule has 94 valence electrons. The Morgan fingerprint density at radius 2 is 2.22 bits per heavy atom. The van der Waals surface area contributed by atoms with Gasteiger partial charge in [-0.25, -0.2) is 9.48 Å². The van der Waals surface area contributed by atoms with Crippen LogP contribution < -0.4 is 5.73 Å². The number of hydrogen-bond donors (Lipinski definition) is 1. The number of anilines is 1. The molecule has 0 aliphatic carbocycles. The molecule has 2 N–H and O–H groups in total. The monoisotopic (exact) mass is 245 g/mol. The molecule has 0 atom stereocenters. The van der Waals surface area contributed by atoms with Crippen LogP contribution in [0.5, 0.6) is 0 Å². The fourth-order valence-corrected chi connectivity index (χ4v) is 1.73. The molecule has 2 aromatic rings. The maximum atomic E-state index is 11.9. The summed E-state index contributed by atoms with van der Waals surface area (Å²) >= 11 is 0. The predicted molar refractivity (Wildman–Crippen MR) is 68.7 cm³/mol. The van der Waals surface area contributed by atoms with Crippen molar-refractivity contribution in [2.75, 3.05) is 12.3 Å². The van der Waals surface area contributed by atoms with Gasteiger partial charge in [0.1, 0.15) is 5.69 Å². The number of nitrogen functional groups attached to an aromatic ring is 1. The number of nitrogens with two attached hydrogens (primary N) is 1. The molecule has 5 heteroatoms. The number of para-hydroxylation sites is 1. The van der Waals surface area contributed by atoms with Gasteiger partial charge in [-0.2, -0.15) is 5.10 Å². The largest absolute Gasteiger partial charge is 0.462 e. The van der Waals surface area contributed by atoms with E-state index in [2.05, 4.69) is 5.10 Å². The van der Waals surface area contributed by atoms with E-state index < -0.39 is 5.97 Å². The number of aryl methyl sites for hydroxylation is 1. The lowest BCUT2D eigenvalue weighted by molar-refractivity contribution is 0.0526. The van der Waals surface area contributed by atoms with Gasteiger partial charge in [-0.3, -0.25) is 0 Å². The Bertz CT molecular complexity index is 575. The highest BCUT2D eigenvalue weighted by Crippen LogP contribution is 2.22. The zero-order valence-corrected chi connectivity index (χ0v) is 10.4. The molecule has 18 heavy (non-hydrogen) atoms. The first-order chi connectivity index (χ1) is 8.63. The maximum absolute atomic E-state index is 11.9. The zero-order chi connectivity index (χ0) is 13.1. The topological polar surface area (TPSA) is 70.1 Å². The van der Waals surface area contributed by atoms with Crippen molar-refractivity contribution in [3.63, 3.8) is 0 Å². The van der Waals surface area contributed by atoms with Crippen molar-refractivity contribution in [2.45, 2.75) is 13.8 Å². The Hall–Kier alpha value is -2.30. The fraction of sp³-hybridized carbons (Fsp3) is 0.231. The summed E-state index contributed by atoms with van der Waals surface area (Å²) in [5, 5.41) is 4.27. The van der Waals surface area contributed by atoms with Crippen LogP contribution in [0.2, 0.25) is 0 Å². The van der Waals surface area contributed by atoms with E-state index in [0.29, 0.717) is 23.5 Å². The molecular weight excluding hydrogens is 230 g/mol. The first-order valence-corrected chi connectivity index (χ1v) is 5.71. The minimum Gasteiger partial charge on any atom is -0.462 e. The summed E-state index contributed by atoms with van der Waals surface area (Å²) in [6, 6.07) is 6.98. The van der Waals surface area contributed by atoms with Gasteiger partial charge in [0.2, 0.25) is 0 Å². The molecule has 0 fully saturated rings. The van der Waals surface area contributed by atoms with Gasteiger partial charge in [0, 0.05) is 6.20 Å². The summed E-state index contributed by atoms with van der Waals surface area (Å²) in [5.41, 5.74) is 8.25. The standard InChI is InChI=1S/C13H15N3O2/c1-3-18-13(17)10-5-4-6-11(14)12(10)16-8-7-9(2)15-16/h4-8H,3,14H2,1-2H3. The lowest BCUT2D eigenvalue weighted by Gasteiger charge is -2.11. The lowest BCUT2D eigenvalue weighted by Crippen LogP contribution is -2.12. The molecular formula is C13H15N3O2. The number of hydrogen-bond acceptors (Lipinski definition) is 4. The number of carbonyl (C=O) groups is 1. The number of carbonyl (C=O) groups excluding carboxylic acids is 1. The molecule has 1 heterocycles. The van der Waals surface area contributed by atoms with E-state index in [1.54, 1.807) is 36.0 Å². The van der Waals surface area contributed by atoms with E-state index in [9.17, 15) is 4.79 Å². The van der Waals surface area contributed by atoms with Crippen LogP contribution in [0.4, 0.5) is 5.69 Å². The number of ether oxygens (including phenoxy) is 1. The van der Waals surface area contributed by atoms with Crippen LogP contribution in [0.25, 0.3) is 5.69 Å². The number of rotatable bonds is 3. The summed E-state index contributed by atoms with van der Waals surface area (Å²) in [5.74, 6) is -0.395. The smallest absolute Gasteiger partial charge is 0.340 e. The molecule has 2 rings (SSSR count). The Morgan fingerprint density at radius 3 is 2.83 bits per heavy atom. The molecule has 0 saturated heterocycles. The lowest BCUT2D eigenvalue weighted by atomic mass is 10.1. The van der Waals surface area contributed by atoms with Crippen molar-refractivity contribution in [1.82, 2.24) is 9.78 Å². The van der Waals surface area contributed by atoms with Crippen LogP contribution in [0.1, 0.15) is 23.0 Å². The molecule has 1 aromatic carbocycles. The SMILES string of the molecule is CCOC(=O)c1cccc(N)c1-n1ccc(C)n1. The van der Waals surface area contributed by atoms with Gasteiger partial charge in [-0.15, -0.1) is 0 Å². The highest BCUT2D eigenvalue weighted by Gasteiger charge is 2.16. The van der Waals surface area contributed by atoms with Crippen LogP contribution in [-0.2, 0) is 4.74 Å². The number of nitrogens with zero attached hydrogens (tertiary/aromatic N) is 2. The van der Waals surface area contributed by atoms with Gasteiger partial charge in [0.05, 0.1) is 23.6 Å². The maximum Gasteiger partial charge on any atom is 0.340 e. The summed E-state index contributed by atoms with van der Waals surface area (Å²) in [7, 11) is 0. The molecule has 0 bridgehead atoms.